The van der Waals surface area contributed by atoms with E-state index in [0.717, 1.165) is 25.3 Å². The van der Waals surface area contributed by atoms with Crippen LogP contribution in [0, 0.1) is 29.0 Å². The second kappa shape index (κ2) is 6.12. The molecule has 1 saturated carbocycles. The van der Waals surface area contributed by atoms with Crippen LogP contribution in [0.3, 0.4) is 0 Å². The van der Waals surface area contributed by atoms with Gasteiger partial charge in [-0.3, -0.25) is 0 Å². The Morgan fingerprint density at radius 2 is 2.00 bits per heavy atom. The van der Waals surface area contributed by atoms with Crippen LogP contribution in [-0.4, -0.2) is 14.5 Å². The maximum absolute atomic E-state index is 13.6. The summed E-state index contributed by atoms with van der Waals surface area (Å²) in [5.74, 6) is 0.204. The zero-order valence-corrected chi connectivity index (χ0v) is 13.0. The maximum atomic E-state index is 13.6. The number of halogens is 1. The third kappa shape index (κ3) is 3.42. The number of nitrogens with zero attached hydrogens (tertiary/aromatic N) is 1. The van der Waals surface area contributed by atoms with Gasteiger partial charge in [0.25, 0.3) is 0 Å². The van der Waals surface area contributed by atoms with Crippen LogP contribution in [0.15, 0.2) is 23.1 Å². The summed E-state index contributed by atoms with van der Waals surface area (Å²) in [6, 6.07) is 5.12. The van der Waals surface area contributed by atoms with Crippen molar-refractivity contribution in [2.75, 3.05) is 0 Å². The molecule has 0 spiro atoms. The zero-order valence-electron chi connectivity index (χ0n) is 12.1. The molecule has 1 aliphatic carbocycles. The summed E-state index contributed by atoms with van der Waals surface area (Å²) in [5.41, 5.74) is -0.428. The molecule has 1 aliphatic rings. The molecule has 4 nitrogen and oxygen atoms in total. The first-order valence-corrected chi connectivity index (χ1v) is 8.54. The molecular formula is C15H19FN2O2S. The van der Waals surface area contributed by atoms with Crippen LogP contribution in [0.2, 0.25) is 0 Å². The molecule has 0 aliphatic heterocycles. The number of nitriles is 1. The van der Waals surface area contributed by atoms with E-state index < -0.39 is 21.4 Å². The van der Waals surface area contributed by atoms with Gasteiger partial charge in [-0.25, -0.2) is 17.5 Å². The third-order valence-corrected chi connectivity index (χ3v) is 5.86. The van der Waals surface area contributed by atoms with Gasteiger partial charge in [0.1, 0.15) is 22.3 Å². The van der Waals surface area contributed by atoms with E-state index in [1.807, 2.05) is 0 Å². The smallest absolute Gasteiger partial charge is 0.208 e. The molecule has 2 rings (SSSR count). The topological polar surface area (TPSA) is 70.0 Å². The van der Waals surface area contributed by atoms with Crippen molar-refractivity contribution in [2.45, 2.75) is 44.0 Å². The summed E-state index contributed by atoms with van der Waals surface area (Å²) in [7, 11) is -3.88. The lowest BCUT2D eigenvalue weighted by Gasteiger charge is -2.32. The van der Waals surface area contributed by atoms with Crippen LogP contribution < -0.4 is 4.72 Å². The molecule has 114 valence electrons. The van der Waals surface area contributed by atoms with E-state index in [-0.39, 0.29) is 10.9 Å². The Hall–Kier alpha value is -1.45. The van der Waals surface area contributed by atoms with Crippen molar-refractivity contribution in [2.24, 2.45) is 11.8 Å². The lowest BCUT2D eigenvalue weighted by atomic mass is 9.79. The fourth-order valence-corrected chi connectivity index (χ4v) is 4.22. The fourth-order valence-electron chi connectivity index (χ4n) is 2.77. The minimum absolute atomic E-state index is 0.156. The number of hydrogen-bond donors (Lipinski definition) is 1. The Bertz CT molecular complexity index is 667. The highest BCUT2D eigenvalue weighted by atomic mass is 32.2. The monoisotopic (exact) mass is 310 g/mol. The molecule has 1 fully saturated rings. The van der Waals surface area contributed by atoms with Crippen LogP contribution in [0.25, 0.3) is 0 Å². The maximum Gasteiger partial charge on any atom is 0.242 e. The highest BCUT2D eigenvalue weighted by molar-refractivity contribution is 7.89. The SMILES string of the molecule is CC1CCC(NS(=O)(=O)c2cccc(F)c2C#N)CC1C. The van der Waals surface area contributed by atoms with Gasteiger partial charge in [0, 0.05) is 6.04 Å². The molecule has 21 heavy (non-hydrogen) atoms. The summed E-state index contributed by atoms with van der Waals surface area (Å²) in [6.45, 7) is 4.27. The molecule has 1 N–H and O–H groups in total. The molecule has 0 bridgehead atoms. The standard InChI is InChI=1S/C15H19FN2O2S/c1-10-6-7-12(8-11(10)2)18-21(19,20)15-5-3-4-14(16)13(15)9-17/h3-5,10-12,18H,6-8H2,1-2H3. The molecule has 1 aromatic carbocycles. The predicted molar refractivity (Wildman–Crippen MR) is 77.4 cm³/mol. The van der Waals surface area contributed by atoms with Gasteiger partial charge in [-0.15, -0.1) is 0 Å². The first-order valence-electron chi connectivity index (χ1n) is 7.06. The van der Waals surface area contributed by atoms with Crippen molar-refractivity contribution in [1.29, 1.82) is 5.26 Å². The van der Waals surface area contributed by atoms with E-state index in [4.69, 9.17) is 5.26 Å². The van der Waals surface area contributed by atoms with Gasteiger partial charge >= 0.3 is 0 Å². The van der Waals surface area contributed by atoms with Gasteiger partial charge in [-0.2, -0.15) is 5.26 Å². The predicted octanol–water partition coefficient (Wildman–Crippen LogP) is 2.80. The number of nitrogens with one attached hydrogen (secondary N) is 1. The minimum atomic E-state index is -3.88. The summed E-state index contributed by atoms with van der Waals surface area (Å²) in [4.78, 5) is -0.281. The van der Waals surface area contributed by atoms with E-state index >= 15 is 0 Å². The fraction of sp³-hybridized carbons (Fsp3) is 0.533. The lowest BCUT2D eigenvalue weighted by molar-refractivity contribution is 0.242. The average molecular weight is 310 g/mol. The molecule has 3 atom stereocenters. The molecular weight excluding hydrogens is 291 g/mol. The lowest BCUT2D eigenvalue weighted by Crippen LogP contribution is -2.40. The van der Waals surface area contributed by atoms with Crippen molar-refractivity contribution in [3.63, 3.8) is 0 Å². The van der Waals surface area contributed by atoms with Crippen LogP contribution in [0.5, 0.6) is 0 Å². The highest BCUT2D eigenvalue weighted by Gasteiger charge is 2.29. The van der Waals surface area contributed by atoms with Crippen LogP contribution in [-0.2, 0) is 10.0 Å². The van der Waals surface area contributed by atoms with Crippen molar-refractivity contribution in [3.05, 3.63) is 29.6 Å². The third-order valence-electron chi connectivity index (χ3n) is 4.30. The number of sulfonamides is 1. The van der Waals surface area contributed by atoms with E-state index in [1.165, 1.54) is 12.1 Å². The molecule has 0 radical (unpaired) electrons. The summed E-state index contributed by atoms with van der Waals surface area (Å²) in [5, 5.41) is 8.96. The van der Waals surface area contributed by atoms with Crippen molar-refractivity contribution < 1.29 is 12.8 Å². The van der Waals surface area contributed by atoms with Crippen molar-refractivity contribution >= 4 is 10.0 Å². The van der Waals surface area contributed by atoms with Crippen LogP contribution >= 0.6 is 0 Å². The van der Waals surface area contributed by atoms with Crippen LogP contribution in [0.1, 0.15) is 38.7 Å². The minimum Gasteiger partial charge on any atom is -0.208 e. The van der Waals surface area contributed by atoms with Crippen molar-refractivity contribution in [1.82, 2.24) is 4.72 Å². The van der Waals surface area contributed by atoms with Gasteiger partial charge in [-0.1, -0.05) is 19.9 Å². The van der Waals surface area contributed by atoms with Gasteiger partial charge in [0.05, 0.1) is 0 Å². The Morgan fingerprint density at radius 3 is 2.62 bits per heavy atom. The first-order chi connectivity index (χ1) is 9.85. The van der Waals surface area contributed by atoms with E-state index in [1.54, 1.807) is 6.07 Å². The molecule has 0 aromatic heterocycles. The first kappa shape index (κ1) is 15.9. The molecule has 0 saturated heterocycles. The molecule has 1 aromatic rings. The van der Waals surface area contributed by atoms with E-state index in [2.05, 4.69) is 18.6 Å². The van der Waals surface area contributed by atoms with Gasteiger partial charge in [0.2, 0.25) is 10.0 Å². The summed E-state index contributed by atoms with van der Waals surface area (Å²) in [6.07, 6.45) is 2.49. The van der Waals surface area contributed by atoms with E-state index in [0.29, 0.717) is 11.8 Å². The molecule has 6 heteroatoms. The molecule has 0 heterocycles. The highest BCUT2D eigenvalue weighted by Crippen LogP contribution is 2.30. The van der Waals surface area contributed by atoms with Crippen molar-refractivity contribution in [3.8, 4) is 6.07 Å². The Balaban J connectivity index is 2.24. The zero-order chi connectivity index (χ0) is 15.6. The van der Waals surface area contributed by atoms with E-state index in [9.17, 15) is 12.8 Å². The normalized spacial score (nSPS) is 26.3. The second-order valence-corrected chi connectivity index (χ2v) is 7.49. The summed E-state index contributed by atoms with van der Waals surface area (Å²) >= 11 is 0. The van der Waals surface area contributed by atoms with Gasteiger partial charge in [0.15, 0.2) is 0 Å². The number of rotatable bonds is 3. The Morgan fingerprint density at radius 1 is 1.29 bits per heavy atom. The largest absolute Gasteiger partial charge is 0.242 e. The second-order valence-electron chi connectivity index (χ2n) is 5.81. The average Bonchev–Trinajstić information content (AvgIpc) is 2.42. The number of hydrogen-bond acceptors (Lipinski definition) is 3. The Kier molecular flexibility index (Phi) is 4.64. The quantitative estimate of drug-likeness (QED) is 0.933. The summed E-state index contributed by atoms with van der Waals surface area (Å²) < 4.78 is 41.0. The Labute approximate surface area is 125 Å². The molecule has 3 unspecified atom stereocenters. The number of benzene rings is 1. The van der Waals surface area contributed by atoms with Crippen LogP contribution in [0.4, 0.5) is 4.39 Å². The molecule has 0 amide bonds. The van der Waals surface area contributed by atoms with Gasteiger partial charge < -0.3 is 0 Å². The van der Waals surface area contributed by atoms with Gasteiger partial charge in [-0.05, 0) is 43.2 Å².